The number of nitrogens with one attached hydrogen (secondary N) is 8. The number of carbonyl (C=O) groups is 4. The fraction of sp³-hybridized carbons (Fsp3) is 0.867. The van der Waals surface area contributed by atoms with Crippen LogP contribution in [0, 0.1) is 0 Å². The maximum Gasteiger partial charge on any atom is 0.326 e. The van der Waals surface area contributed by atoms with Crippen molar-refractivity contribution in [3.8, 4) is 0 Å². The molecule has 0 aromatic rings. The second-order valence-electron chi connectivity index (χ2n) is 11.5. The van der Waals surface area contributed by atoms with Crippen molar-refractivity contribution in [2.75, 3.05) is 142 Å². The van der Waals surface area contributed by atoms with Crippen molar-refractivity contribution in [1.82, 2.24) is 52.3 Å². The minimum atomic E-state index is -0.970. The summed E-state index contributed by atoms with van der Waals surface area (Å²) in [6.45, 7) is 14.0. The van der Waals surface area contributed by atoms with Gasteiger partial charge in [0.05, 0.1) is 13.1 Å². The van der Waals surface area contributed by atoms with E-state index in [9.17, 15) is 29.4 Å². The molecule has 0 saturated carbocycles. The second-order valence-corrected chi connectivity index (χ2v) is 13.5. The van der Waals surface area contributed by atoms with Crippen LogP contribution in [0.25, 0.3) is 0 Å². The molecule has 2 fully saturated rings. The van der Waals surface area contributed by atoms with Gasteiger partial charge in [-0.25, -0.2) is 9.59 Å². The molecule has 0 aliphatic carbocycles. The summed E-state index contributed by atoms with van der Waals surface area (Å²) < 4.78 is 0. The fourth-order valence-corrected chi connectivity index (χ4v) is 5.76. The number of nitrogens with zero attached hydrogens (tertiary/aromatic N) is 2. The summed E-state index contributed by atoms with van der Waals surface area (Å²) in [5, 5.41) is 43.7. The van der Waals surface area contributed by atoms with Crippen LogP contribution in [0.3, 0.4) is 0 Å². The third-order valence-corrected chi connectivity index (χ3v) is 8.84. The number of carboxylic acids is 2. The summed E-state index contributed by atoms with van der Waals surface area (Å²) in [6.07, 6.45) is 4.73. The Bertz CT molecular complexity index is 797. The van der Waals surface area contributed by atoms with Crippen molar-refractivity contribution < 1.29 is 49.5 Å². The topological polar surface area (TPSA) is 211 Å². The first-order chi connectivity index (χ1) is 23.3. The monoisotopic (exact) mass is 819 g/mol. The zero-order valence-electron chi connectivity index (χ0n) is 29.3. The third-order valence-electron chi connectivity index (χ3n) is 7.56. The molecule has 0 aromatic carbocycles. The summed E-state index contributed by atoms with van der Waals surface area (Å²) in [7, 11) is 0. The van der Waals surface area contributed by atoms with Crippen molar-refractivity contribution in [3.63, 3.8) is 0 Å². The molecule has 2 aliphatic rings. The van der Waals surface area contributed by atoms with E-state index in [4.69, 9.17) is 0 Å². The SMILES string of the molecule is CSCCC(NC(=O)CN1CCNCCNCCNCC1)C(=O)O.CSCCC(NC(=O)CN1CCNCCNCCNCC1)C(=O)O.[Tc]. The summed E-state index contributed by atoms with van der Waals surface area (Å²) in [4.78, 5) is 50.9. The Morgan fingerprint density at radius 3 is 1.06 bits per heavy atom. The van der Waals surface area contributed by atoms with Crippen molar-refractivity contribution in [1.29, 1.82) is 0 Å². The van der Waals surface area contributed by atoms with Crippen LogP contribution in [0.15, 0.2) is 0 Å². The van der Waals surface area contributed by atoms with E-state index in [1.54, 1.807) is 23.5 Å². The van der Waals surface area contributed by atoms with Gasteiger partial charge in [-0.2, -0.15) is 23.5 Å². The van der Waals surface area contributed by atoms with Crippen molar-refractivity contribution >= 4 is 47.3 Å². The van der Waals surface area contributed by atoms with Crippen LogP contribution in [0.5, 0.6) is 0 Å². The van der Waals surface area contributed by atoms with E-state index in [-0.39, 0.29) is 45.0 Å². The molecular weight excluding hydrogens is 759 g/mol. The molecule has 2 heterocycles. The molecule has 19 heteroatoms. The first kappa shape index (κ1) is 47.9. The Morgan fingerprint density at radius 1 is 0.551 bits per heavy atom. The van der Waals surface area contributed by atoms with E-state index in [1.807, 2.05) is 12.5 Å². The maximum atomic E-state index is 12.2. The molecule has 0 bridgehead atoms. The summed E-state index contributed by atoms with van der Waals surface area (Å²) in [5.41, 5.74) is 0. The molecule has 0 aromatic heterocycles. The molecule has 2 atom stereocenters. The van der Waals surface area contributed by atoms with Gasteiger partial charge >= 0.3 is 11.9 Å². The molecule has 2 amide bonds. The summed E-state index contributed by atoms with van der Waals surface area (Å²) in [6, 6.07) is -1.61. The van der Waals surface area contributed by atoms with Crippen LogP contribution in [0.2, 0.25) is 0 Å². The third kappa shape index (κ3) is 27.3. The van der Waals surface area contributed by atoms with Gasteiger partial charge in [-0.3, -0.25) is 19.4 Å². The van der Waals surface area contributed by atoms with E-state index in [0.717, 1.165) is 105 Å². The van der Waals surface area contributed by atoms with Gasteiger partial charge in [0.2, 0.25) is 11.8 Å². The number of hydrogen-bond acceptors (Lipinski definition) is 14. The standard InChI is InChI=1S/2C15H31N5O3S.Tc/c2*1-24-11-2-13(15(22)23)19-14(21)12-20-9-7-17-5-3-16-4-6-18-8-10-20;/h2*13,16-18H,2-12H2,1H3,(H,19,21)(H,22,23);. The van der Waals surface area contributed by atoms with Crippen molar-refractivity contribution in [2.24, 2.45) is 0 Å². The molecule has 0 spiro atoms. The first-order valence-electron chi connectivity index (χ1n) is 17.0. The minimum absolute atomic E-state index is 0. The molecule has 2 saturated heterocycles. The summed E-state index contributed by atoms with van der Waals surface area (Å²) in [5.74, 6) is -0.968. The van der Waals surface area contributed by atoms with E-state index >= 15 is 0 Å². The number of thioether (sulfide) groups is 2. The van der Waals surface area contributed by atoms with Gasteiger partial charge in [0, 0.05) is 125 Å². The van der Waals surface area contributed by atoms with E-state index < -0.39 is 24.0 Å². The number of carboxylic acid groups (broad SMARTS) is 2. The van der Waals surface area contributed by atoms with Gasteiger partial charge in [-0.15, -0.1) is 0 Å². The van der Waals surface area contributed by atoms with E-state index in [2.05, 4.69) is 52.3 Å². The molecule has 2 aliphatic heterocycles. The Morgan fingerprint density at radius 2 is 0.816 bits per heavy atom. The fourth-order valence-electron chi connectivity index (χ4n) is 4.82. The molecule has 2 rings (SSSR count). The van der Waals surface area contributed by atoms with Crippen molar-refractivity contribution in [3.05, 3.63) is 0 Å². The summed E-state index contributed by atoms with van der Waals surface area (Å²) >= 11 is 3.15. The Labute approximate surface area is 314 Å². The van der Waals surface area contributed by atoms with Gasteiger partial charge < -0.3 is 52.7 Å². The largest absolute Gasteiger partial charge is 0.480 e. The van der Waals surface area contributed by atoms with Gasteiger partial charge in [0.1, 0.15) is 12.1 Å². The average Bonchev–Trinajstić information content (AvgIpc) is 3.04. The Kier molecular flexibility index (Phi) is 32.1. The number of amides is 2. The zero-order chi connectivity index (χ0) is 35.2. The van der Waals surface area contributed by atoms with E-state index in [0.29, 0.717) is 24.3 Å². The van der Waals surface area contributed by atoms with Crippen LogP contribution < -0.4 is 42.5 Å². The van der Waals surface area contributed by atoms with E-state index in [1.165, 1.54) is 0 Å². The number of carbonyl (C=O) groups excluding carboxylic acids is 2. The maximum absolute atomic E-state index is 12.2. The van der Waals surface area contributed by atoms with Crippen LogP contribution in [0.1, 0.15) is 12.8 Å². The van der Waals surface area contributed by atoms with Crippen LogP contribution in [-0.2, 0) is 39.3 Å². The molecule has 49 heavy (non-hydrogen) atoms. The predicted octanol–water partition coefficient (Wildman–Crippen LogP) is -3.22. The average molecular weight is 821 g/mol. The van der Waals surface area contributed by atoms with Gasteiger partial charge in [-0.05, 0) is 36.9 Å². The Balaban J connectivity index is 0.000000922. The van der Waals surface area contributed by atoms with Gasteiger partial charge in [0.15, 0.2) is 0 Å². The molecule has 16 nitrogen and oxygen atoms in total. The minimum Gasteiger partial charge on any atom is -0.480 e. The number of rotatable bonds is 14. The van der Waals surface area contributed by atoms with Crippen LogP contribution in [-0.4, -0.2) is 198 Å². The predicted molar refractivity (Wildman–Crippen MR) is 195 cm³/mol. The smallest absolute Gasteiger partial charge is 0.326 e. The molecule has 10 N–H and O–H groups in total. The number of aliphatic carboxylic acids is 2. The van der Waals surface area contributed by atoms with Crippen LogP contribution in [0.4, 0.5) is 0 Å². The number of hydrogen-bond donors (Lipinski definition) is 10. The molecule has 1 radical (unpaired) electrons. The van der Waals surface area contributed by atoms with Gasteiger partial charge in [0.25, 0.3) is 0 Å². The normalized spacial score (nSPS) is 19.3. The van der Waals surface area contributed by atoms with Crippen molar-refractivity contribution in [2.45, 2.75) is 24.9 Å². The molecule has 2 unspecified atom stereocenters. The van der Waals surface area contributed by atoms with Crippen LogP contribution >= 0.6 is 23.5 Å². The quantitative estimate of drug-likeness (QED) is 0.0836. The molecular formula is C30H62N10O6S2Tc. The second kappa shape index (κ2) is 32.8. The Hall–Kier alpha value is -1.09. The molecule has 287 valence electrons. The van der Waals surface area contributed by atoms with Gasteiger partial charge in [-0.1, -0.05) is 0 Å². The zero-order valence-corrected chi connectivity index (χ0v) is 32.8. The first-order valence-corrected chi connectivity index (χ1v) is 19.8.